The zero-order valence-corrected chi connectivity index (χ0v) is 8.86. The third-order valence-corrected chi connectivity index (χ3v) is 2.46. The molecule has 11 heavy (non-hydrogen) atoms. The zero-order valence-electron chi connectivity index (χ0n) is 7.28. The van der Waals surface area contributed by atoms with E-state index in [4.69, 9.17) is 6.42 Å². The Balaban J connectivity index is 2.97. The summed E-state index contributed by atoms with van der Waals surface area (Å²) in [5.74, 6) is 2.67. The molecule has 0 bridgehead atoms. The van der Waals surface area contributed by atoms with E-state index in [0.29, 0.717) is 4.83 Å². The van der Waals surface area contributed by atoms with Gasteiger partial charge in [0.05, 0.1) is 4.83 Å². The van der Waals surface area contributed by atoms with Crippen molar-refractivity contribution in [2.45, 2.75) is 50.3 Å². The highest BCUT2D eigenvalue weighted by atomic mass is 79.9. The largest absolute Gasteiger partial charge is 0.119 e. The molecular formula is C10H17Br. The quantitative estimate of drug-likeness (QED) is 0.361. The van der Waals surface area contributed by atoms with Crippen molar-refractivity contribution in [3.8, 4) is 12.3 Å². The van der Waals surface area contributed by atoms with Crippen LogP contribution in [0.15, 0.2) is 0 Å². The van der Waals surface area contributed by atoms with Crippen LogP contribution in [-0.4, -0.2) is 4.83 Å². The van der Waals surface area contributed by atoms with Gasteiger partial charge >= 0.3 is 0 Å². The average molecular weight is 217 g/mol. The summed E-state index contributed by atoms with van der Waals surface area (Å²) in [5, 5.41) is 0. The van der Waals surface area contributed by atoms with Crippen molar-refractivity contribution in [2.75, 3.05) is 0 Å². The first-order valence-electron chi connectivity index (χ1n) is 4.41. The second kappa shape index (κ2) is 8.14. The Morgan fingerprint density at radius 2 is 1.91 bits per heavy atom. The van der Waals surface area contributed by atoms with Crippen molar-refractivity contribution in [3.63, 3.8) is 0 Å². The molecule has 0 aromatic rings. The van der Waals surface area contributed by atoms with Gasteiger partial charge in [0, 0.05) is 0 Å². The summed E-state index contributed by atoms with van der Waals surface area (Å²) in [6.45, 7) is 2.23. The van der Waals surface area contributed by atoms with Gasteiger partial charge < -0.3 is 0 Å². The third kappa shape index (κ3) is 7.94. The highest BCUT2D eigenvalue weighted by Gasteiger charge is 1.97. The molecule has 0 spiro atoms. The number of terminal acetylenes is 1. The molecule has 0 saturated carbocycles. The summed E-state index contributed by atoms with van der Waals surface area (Å²) in [6.07, 6.45) is 13.0. The van der Waals surface area contributed by atoms with Crippen LogP contribution in [0.25, 0.3) is 0 Å². The van der Waals surface area contributed by atoms with Gasteiger partial charge in [-0.2, -0.15) is 0 Å². The molecule has 1 atom stereocenters. The maximum Gasteiger partial charge on any atom is 0.0752 e. The van der Waals surface area contributed by atoms with Gasteiger partial charge in [0.25, 0.3) is 0 Å². The molecule has 0 aliphatic heterocycles. The predicted octanol–water partition coefficient (Wildman–Crippen LogP) is 3.74. The smallest absolute Gasteiger partial charge is 0.0752 e. The number of hydrogen-bond donors (Lipinski definition) is 0. The topological polar surface area (TPSA) is 0 Å². The number of unbranched alkanes of at least 4 members (excludes halogenated alkanes) is 4. The molecule has 1 unspecified atom stereocenters. The fourth-order valence-electron chi connectivity index (χ4n) is 1.01. The first kappa shape index (κ1) is 11.0. The van der Waals surface area contributed by atoms with Crippen LogP contribution < -0.4 is 0 Å². The van der Waals surface area contributed by atoms with E-state index in [0.717, 1.165) is 6.42 Å². The van der Waals surface area contributed by atoms with E-state index in [1.807, 2.05) is 0 Å². The van der Waals surface area contributed by atoms with Crippen LogP contribution in [0.5, 0.6) is 0 Å². The molecule has 0 aromatic heterocycles. The molecule has 0 amide bonds. The summed E-state index contributed by atoms with van der Waals surface area (Å²) in [7, 11) is 0. The van der Waals surface area contributed by atoms with E-state index >= 15 is 0 Å². The minimum absolute atomic E-state index is 0.295. The second-order valence-electron chi connectivity index (χ2n) is 2.84. The van der Waals surface area contributed by atoms with Crippen LogP contribution in [0.4, 0.5) is 0 Å². The molecule has 64 valence electrons. The van der Waals surface area contributed by atoms with Gasteiger partial charge in [-0.15, -0.1) is 6.42 Å². The Morgan fingerprint density at radius 1 is 1.27 bits per heavy atom. The average Bonchev–Trinajstić information content (AvgIpc) is 2.04. The van der Waals surface area contributed by atoms with Crippen LogP contribution in [0, 0.1) is 12.3 Å². The van der Waals surface area contributed by atoms with Gasteiger partial charge in [-0.05, 0) is 6.42 Å². The molecule has 0 N–H and O–H groups in total. The highest BCUT2D eigenvalue weighted by Crippen LogP contribution is 2.11. The van der Waals surface area contributed by atoms with Crippen LogP contribution in [-0.2, 0) is 0 Å². The fourth-order valence-corrected chi connectivity index (χ4v) is 1.33. The minimum Gasteiger partial charge on any atom is -0.119 e. The van der Waals surface area contributed by atoms with Crippen molar-refractivity contribution in [1.29, 1.82) is 0 Å². The number of halogens is 1. The Labute approximate surface area is 78.9 Å². The number of hydrogen-bond acceptors (Lipinski definition) is 0. The van der Waals surface area contributed by atoms with E-state index in [1.54, 1.807) is 0 Å². The van der Waals surface area contributed by atoms with E-state index in [2.05, 4.69) is 28.8 Å². The molecular weight excluding hydrogens is 200 g/mol. The lowest BCUT2D eigenvalue weighted by Gasteiger charge is -2.01. The zero-order chi connectivity index (χ0) is 8.53. The predicted molar refractivity (Wildman–Crippen MR) is 54.9 cm³/mol. The van der Waals surface area contributed by atoms with Crippen molar-refractivity contribution in [3.05, 3.63) is 0 Å². The van der Waals surface area contributed by atoms with Gasteiger partial charge in [0.1, 0.15) is 0 Å². The van der Waals surface area contributed by atoms with Gasteiger partial charge in [0.15, 0.2) is 0 Å². The van der Waals surface area contributed by atoms with Crippen molar-refractivity contribution < 1.29 is 0 Å². The van der Waals surface area contributed by atoms with Crippen LogP contribution in [0.2, 0.25) is 0 Å². The molecule has 0 fully saturated rings. The molecule has 1 heteroatoms. The van der Waals surface area contributed by atoms with E-state index < -0.39 is 0 Å². The van der Waals surface area contributed by atoms with Gasteiger partial charge in [0.2, 0.25) is 0 Å². The molecule has 0 aliphatic rings. The molecule has 0 nitrogen and oxygen atoms in total. The number of alkyl halides is 1. The fraction of sp³-hybridized carbons (Fsp3) is 0.800. The first-order valence-corrected chi connectivity index (χ1v) is 5.33. The summed E-state index contributed by atoms with van der Waals surface area (Å²) in [5.41, 5.74) is 0. The molecule has 0 radical (unpaired) electrons. The normalized spacial score (nSPS) is 12.5. The van der Waals surface area contributed by atoms with Crippen LogP contribution >= 0.6 is 15.9 Å². The monoisotopic (exact) mass is 216 g/mol. The summed E-state index contributed by atoms with van der Waals surface area (Å²) >= 11 is 3.41. The van der Waals surface area contributed by atoms with Gasteiger partial charge in [-0.25, -0.2) is 0 Å². The summed E-state index contributed by atoms with van der Waals surface area (Å²) < 4.78 is 0. The van der Waals surface area contributed by atoms with Crippen LogP contribution in [0.3, 0.4) is 0 Å². The SMILES string of the molecule is C#CC(Br)CCCCCCC. The lowest BCUT2D eigenvalue weighted by molar-refractivity contribution is 0.618. The maximum absolute atomic E-state index is 5.22. The van der Waals surface area contributed by atoms with Crippen molar-refractivity contribution >= 4 is 15.9 Å². The van der Waals surface area contributed by atoms with Crippen LogP contribution in [0.1, 0.15) is 45.4 Å². The Morgan fingerprint density at radius 3 is 2.45 bits per heavy atom. The third-order valence-electron chi connectivity index (χ3n) is 1.74. The standard InChI is InChI=1S/C10H17Br/c1-3-5-6-7-8-9-10(11)4-2/h2,10H,3,5-9H2,1H3. The van der Waals surface area contributed by atoms with E-state index in [9.17, 15) is 0 Å². The lowest BCUT2D eigenvalue weighted by atomic mass is 10.1. The Kier molecular flexibility index (Phi) is 8.17. The Bertz CT molecular complexity index is 113. The van der Waals surface area contributed by atoms with Crippen molar-refractivity contribution in [1.82, 2.24) is 0 Å². The van der Waals surface area contributed by atoms with Gasteiger partial charge in [-0.3, -0.25) is 0 Å². The van der Waals surface area contributed by atoms with Crippen molar-refractivity contribution in [2.24, 2.45) is 0 Å². The van der Waals surface area contributed by atoms with Gasteiger partial charge in [-0.1, -0.05) is 60.9 Å². The van der Waals surface area contributed by atoms with E-state index in [1.165, 1.54) is 32.1 Å². The maximum atomic E-state index is 5.22. The summed E-state index contributed by atoms with van der Waals surface area (Å²) in [4.78, 5) is 0.295. The Hall–Kier alpha value is 0.0400. The minimum atomic E-state index is 0.295. The molecule has 0 heterocycles. The number of rotatable bonds is 6. The molecule has 0 saturated heterocycles. The second-order valence-corrected chi connectivity index (χ2v) is 3.94. The highest BCUT2D eigenvalue weighted by molar-refractivity contribution is 9.09. The summed E-state index contributed by atoms with van der Waals surface area (Å²) in [6, 6.07) is 0. The molecule has 0 aliphatic carbocycles. The molecule has 0 rings (SSSR count). The van der Waals surface area contributed by atoms with E-state index in [-0.39, 0.29) is 0 Å². The lowest BCUT2D eigenvalue weighted by Crippen LogP contribution is -1.91. The molecule has 0 aromatic carbocycles. The first-order chi connectivity index (χ1) is 5.31.